The molecule has 5 rings (SSSR count). The lowest BCUT2D eigenvalue weighted by atomic mass is 9.79. The van der Waals surface area contributed by atoms with Crippen molar-refractivity contribution in [3.05, 3.63) is 46.5 Å². The average molecular weight is 364 g/mol. The van der Waals surface area contributed by atoms with Gasteiger partial charge in [-0.1, -0.05) is 31.7 Å². The normalized spacial score (nSPS) is 22.1. The number of carbonyl (C=O) groups excluding carboxylic acids is 1. The Bertz CT molecular complexity index is 850. The zero-order chi connectivity index (χ0) is 18.3. The van der Waals surface area contributed by atoms with Crippen LogP contribution in [0, 0.1) is 5.41 Å². The fourth-order valence-electron chi connectivity index (χ4n) is 5.33. The molecule has 2 aliphatic heterocycles. The van der Waals surface area contributed by atoms with E-state index in [1.807, 2.05) is 0 Å². The number of nitrogens with zero attached hydrogens (tertiary/aromatic N) is 3. The van der Waals surface area contributed by atoms with E-state index in [2.05, 4.69) is 33.3 Å². The molecule has 27 heavy (non-hydrogen) atoms. The first kappa shape index (κ1) is 17.0. The number of rotatable bonds is 0. The van der Waals surface area contributed by atoms with E-state index in [0.717, 1.165) is 62.0 Å². The Morgan fingerprint density at radius 2 is 1.74 bits per heavy atom. The van der Waals surface area contributed by atoms with E-state index >= 15 is 0 Å². The maximum Gasteiger partial charge on any atom is 0.229 e. The Morgan fingerprint density at radius 3 is 2.59 bits per heavy atom. The van der Waals surface area contributed by atoms with Crippen LogP contribution in [0.4, 0.5) is 0 Å². The van der Waals surface area contributed by atoms with Gasteiger partial charge >= 0.3 is 0 Å². The molecule has 0 atom stereocenters. The zero-order valence-electron chi connectivity index (χ0n) is 16.0. The molecule has 4 heterocycles. The third-order valence-electron chi connectivity index (χ3n) is 6.84. The van der Waals surface area contributed by atoms with Gasteiger partial charge in [-0.05, 0) is 44.2 Å². The second-order valence-corrected chi connectivity index (χ2v) is 8.63. The van der Waals surface area contributed by atoms with Crippen molar-refractivity contribution in [2.75, 3.05) is 0 Å². The van der Waals surface area contributed by atoms with E-state index in [1.165, 1.54) is 30.5 Å². The van der Waals surface area contributed by atoms with Gasteiger partial charge in [-0.15, -0.1) is 0 Å². The van der Waals surface area contributed by atoms with Crippen LogP contribution in [0.25, 0.3) is 0 Å². The zero-order valence-corrected chi connectivity index (χ0v) is 16.0. The molecule has 1 amide bonds. The van der Waals surface area contributed by atoms with Gasteiger partial charge in [0, 0.05) is 35.3 Å². The first-order valence-electron chi connectivity index (χ1n) is 10.5. The molecule has 0 aromatic carbocycles. The van der Waals surface area contributed by atoms with Gasteiger partial charge in [0.1, 0.15) is 0 Å². The Hall–Kier alpha value is -2.17. The van der Waals surface area contributed by atoms with Gasteiger partial charge in [-0.2, -0.15) is 5.10 Å². The quantitative estimate of drug-likeness (QED) is 0.771. The predicted molar refractivity (Wildman–Crippen MR) is 103 cm³/mol. The molecule has 1 N–H and O–H groups in total. The summed E-state index contributed by atoms with van der Waals surface area (Å²) in [6, 6.07) is 6.35. The summed E-state index contributed by atoms with van der Waals surface area (Å²) in [6.45, 7) is 1.40. The summed E-state index contributed by atoms with van der Waals surface area (Å²) in [6.07, 6.45) is 10.9. The number of aromatic amines is 1. The second-order valence-electron chi connectivity index (χ2n) is 8.63. The van der Waals surface area contributed by atoms with Crippen LogP contribution in [0.15, 0.2) is 18.2 Å². The van der Waals surface area contributed by atoms with Crippen molar-refractivity contribution in [3.63, 3.8) is 0 Å². The largest absolute Gasteiger partial charge is 0.332 e. The lowest BCUT2D eigenvalue weighted by molar-refractivity contribution is -0.143. The summed E-state index contributed by atoms with van der Waals surface area (Å²) in [5, 5.41) is 7.74. The Labute approximate surface area is 160 Å². The van der Waals surface area contributed by atoms with Crippen LogP contribution >= 0.6 is 0 Å². The number of nitrogens with one attached hydrogen (secondary N) is 1. The van der Waals surface area contributed by atoms with Gasteiger partial charge in [0.05, 0.1) is 17.9 Å². The number of aromatic nitrogens is 3. The molecule has 5 heteroatoms. The van der Waals surface area contributed by atoms with Crippen LogP contribution in [0.1, 0.15) is 79.7 Å². The minimum Gasteiger partial charge on any atom is -0.332 e. The molecule has 3 aliphatic rings. The van der Waals surface area contributed by atoms with Crippen LogP contribution in [-0.4, -0.2) is 26.0 Å². The first-order valence-corrected chi connectivity index (χ1v) is 10.5. The van der Waals surface area contributed by atoms with Crippen molar-refractivity contribution >= 4 is 5.91 Å². The van der Waals surface area contributed by atoms with Gasteiger partial charge in [-0.25, -0.2) is 0 Å². The third kappa shape index (κ3) is 3.07. The molecule has 0 saturated heterocycles. The fourth-order valence-corrected chi connectivity index (χ4v) is 5.33. The number of fused-ring (bicyclic) bond motifs is 3. The van der Waals surface area contributed by atoms with E-state index < -0.39 is 0 Å². The maximum atomic E-state index is 13.5. The summed E-state index contributed by atoms with van der Waals surface area (Å²) >= 11 is 0. The summed E-state index contributed by atoms with van der Waals surface area (Å²) in [5.41, 5.74) is 5.55. The molecular weight excluding hydrogens is 336 g/mol. The van der Waals surface area contributed by atoms with Crippen LogP contribution in [0.5, 0.6) is 0 Å². The highest BCUT2D eigenvalue weighted by molar-refractivity contribution is 5.83. The molecule has 4 bridgehead atoms. The number of hydrogen-bond acceptors (Lipinski definition) is 3. The monoisotopic (exact) mass is 364 g/mol. The molecule has 1 saturated carbocycles. The van der Waals surface area contributed by atoms with Crippen molar-refractivity contribution in [2.45, 2.75) is 77.3 Å². The molecular formula is C22H28N4O. The molecule has 1 spiro atoms. The minimum absolute atomic E-state index is 0.104. The third-order valence-corrected chi connectivity index (χ3v) is 6.84. The molecule has 1 aliphatic carbocycles. The predicted octanol–water partition coefficient (Wildman–Crippen LogP) is 3.91. The summed E-state index contributed by atoms with van der Waals surface area (Å²) in [7, 11) is 0. The van der Waals surface area contributed by atoms with Crippen molar-refractivity contribution in [2.24, 2.45) is 5.41 Å². The van der Waals surface area contributed by atoms with E-state index in [-0.39, 0.29) is 5.41 Å². The molecule has 5 nitrogen and oxygen atoms in total. The van der Waals surface area contributed by atoms with Crippen molar-refractivity contribution in [1.29, 1.82) is 0 Å². The molecule has 2 aromatic rings. The average Bonchev–Trinajstić information content (AvgIpc) is 3.38. The number of H-pyrrole nitrogens is 1. The topological polar surface area (TPSA) is 61.9 Å². The van der Waals surface area contributed by atoms with Gasteiger partial charge in [0.25, 0.3) is 0 Å². The molecule has 0 unspecified atom stereocenters. The maximum absolute atomic E-state index is 13.5. The number of carbonyl (C=O) groups is 1. The van der Waals surface area contributed by atoms with E-state index in [0.29, 0.717) is 19.0 Å². The Balaban J connectivity index is 1.48. The highest BCUT2D eigenvalue weighted by atomic mass is 16.2. The van der Waals surface area contributed by atoms with Crippen LogP contribution < -0.4 is 0 Å². The minimum atomic E-state index is -0.104. The number of hydrogen-bond donors (Lipinski definition) is 1. The van der Waals surface area contributed by atoms with Crippen LogP contribution in [0.3, 0.4) is 0 Å². The van der Waals surface area contributed by atoms with E-state index in [4.69, 9.17) is 4.98 Å². The molecule has 1 fully saturated rings. The fraction of sp³-hybridized carbons (Fsp3) is 0.591. The highest BCUT2D eigenvalue weighted by Crippen LogP contribution is 2.45. The molecule has 2 aromatic heterocycles. The number of aryl methyl sites for hydroxylation is 1. The van der Waals surface area contributed by atoms with E-state index in [1.54, 1.807) is 0 Å². The van der Waals surface area contributed by atoms with Gasteiger partial charge in [-0.3, -0.25) is 14.9 Å². The summed E-state index contributed by atoms with van der Waals surface area (Å²) in [4.78, 5) is 20.5. The first-order chi connectivity index (χ1) is 13.2. The lowest BCUT2D eigenvalue weighted by Gasteiger charge is -2.32. The van der Waals surface area contributed by atoms with Gasteiger partial charge < -0.3 is 4.90 Å². The van der Waals surface area contributed by atoms with Crippen molar-refractivity contribution < 1.29 is 4.79 Å². The molecule has 0 radical (unpaired) electrons. The van der Waals surface area contributed by atoms with Gasteiger partial charge in [0.15, 0.2) is 0 Å². The smallest absolute Gasteiger partial charge is 0.229 e. The van der Waals surface area contributed by atoms with E-state index in [9.17, 15) is 4.79 Å². The number of pyridine rings is 1. The second kappa shape index (κ2) is 6.77. The highest BCUT2D eigenvalue weighted by Gasteiger charge is 2.44. The van der Waals surface area contributed by atoms with Crippen molar-refractivity contribution in [1.82, 2.24) is 20.1 Å². The standard InChI is InChI=1S/C22H28N4O/c27-21-22(11-4-5-12-22)10-3-1-2-7-16-8-6-9-17(23-16)13-19-18-14-26(21)15-20(18)25-24-19/h6,8-9H,1-5,7,10-15H2,(H,24,25). The SMILES string of the molecule is O=C1N2Cc3[nH]nc(c3C2)Cc2cccc(n2)CCCCCC12CCCC2. The van der Waals surface area contributed by atoms with Crippen LogP contribution in [-0.2, 0) is 30.7 Å². The summed E-state index contributed by atoms with van der Waals surface area (Å²) < 4.78 is 0. The van der Waals surface area contributed by atoms with Gasteiger partial charge in [0.2, 0.25) is 5.91 Å². The molecule has 142 valence electrons. The lowest BCUT2D eigenvalue weighted by Crippen LogP contribution is -2.40. The number of amides is 1. The summed E-state index contributed by atoms with van der Waals surface area (Å²) in [5.74, 6) is 0.393. The Morgan fingerprint density at radius 1 is 0.963 bits per heavy atom. The van der Waals surface area contributed by atoms with Crippen LogP contribution in [0.2, 0.25) is 0 Å². The van der Waals surface area contributed by atoms with Crippen molar-refractivity contribution in [3.8, 4) is 0 Å². The Kier molecular flexibility index (Phi) is 4.25.